The first kappa shape index (κ1) is 21.7. The van der Waals surface area contributed by atoms with E-state index in [4.69, 9.17) is 23.2 Å². The van der Waals surface area contributed by atoms with Gasteiger partial charge >= 0.3 is 0 Å². The van der Waals surface area contributed by atoms with Crippen LogP contribution in [0.5, 0.6) is 0 Å². The summed E-state index contributed by atoms with van der Waals surface area (Å²) in [5.74, 6) is -0.660. The predicted octanol–water partition coefficient (Wildman–Crippen LogP) is 7.41. The lowest BCUT2D eigenvalue weighted by molar-refractivity contribution is -0.116. The Hall–Kier alpha value is -1.98. The lowest BCUT2D eigenvalue weighted by Crippen LogP contribution is -2.10. The van der Waals surface area contributed by atoms with Crippen LogP contribution in [0.25, 0.3) is 12.2 Å². The van der Waals surface area contributed by atoms with Crippen LogP contribution < -0.4 is 0 Å². The summed E-state index contributed by atoms with van der Waals surface area (Å²) >= 11 is 14.6. The first-order valence-corrected chi connectivity index (χ1v) is 11.1. The lowest BCUT2D eigenvalue weighted by Gasteiger charge is -2.05. The van der Waals surface area contributed by atoms with Crippen molar-refractivity contribution in [1.82, 2.24) is 0 Å². The van der Waals surface area contributed by atoms with Gasteiger partial charge in [-0.05, 0) is 64.8 Å². The largest absolute Gasteiger partial charge is 0.289 e. The zero-order chi connectivity index (χ0) is 20.8. The van der Waals surface area contributed by atoms with Gasteiger partial charge in [0.25, 0.3) is 0 Å². The molecule has 0 aromatic heterocycles. The van der Waals surface area contributed by atoms with Crippen LogP contribution >= 0.6 is 46.7 Å². The van der Waals surface area contributed by atoms with Gasteiger partial charge in [-0.3, -0.25) is 9.59 Å². The zero-order valence-corrected chi connectivity index (χ0v) is 18.5. The number of benzene rings is 2. The lowest BCUT2D eigenvalue weighted by atomic mass is 10.1. The summed E-state index contributed by atoms with van der Waals surface area (Å²) in [6, 6.07) is 14.3. The molecule has 0 N–H and O–H groups in total. The first-order valence-electron chi connectivity index (χ1n) is 8.64. The second kappa shape index (κ2) is 10.2. The normalized spacial score (nSPS) is 13.9. The topological polar surface area (TPSA) is 34.1 Å². The molecule has 2 nitrogen and oxygen atoms in total. The molecule has 0 fully saturated rings. The molecule has 0 radical (unpaired) electrons. The van der Waals surface area contributed by atoms with Gasteiger partial charge < -0.3 is 0 Å². The second-order valence-electron chi connectivity index (χ2n) is 6.11. The molecule has 0 amide bonds. The SMILES string of the molecule is CC1=CSC(=C(C(=O)/C=C/c2ccc(Cl)cc2)C(=O)/C=C/c2ccc(Cl)cc2)S1. The van der Waals surface area contributed by atoms with Crippen molar-refractivity contribution < 1.29 is 9.59 Å². The number of halogens is 2. The monoisotopic (exact) mass is 458 g/mol. The molecule has 0 saturated carbocycles. The second-order valence-corrected chi connectivity index (χ2v) is 9.38. The van der Waals surface area contributed by atoms with E-state index in [0.717, 1.165) is 16.0 Å². The van der Waals surface area contributed by atoms with E-state index < -0.39 is 0 Å². The molecule has 1 aliphatic rings. The summed E-state index contributed by atoms with van der Waals surface area (Å²) < 4.78 is 0.694. The van der Waals surface area contributed by atoms with E-state index in [0.29, 0.717) is 14.3 Å². The number of thioether (sulfide) groups is 2. The summed E-state index contributed by atoms with van der Waals surface area (Å²) in [6.07, 6.45) is 6.21. The fourth-order valence-electron chi connectivity index (χ4n) is 2.42. The van der Waals surface area contributed by atoms with Crippen LogP contribution in [-0.2, 0) is 9.59 Å². The van der Waals surface area contributed by atoms with Crippen molar-refractivity contribution in [2.24, 2.45) is 0 Å². The van der Waals surface area contributed by atoms with Crippen LogP contribution in [0.2, 0.25) is 10.0 Å². The van der Waals surface area contributed by atoms with E-state index in [1.54, 1.807) is 36.4 Å². The van der Waals surface area contributed by atoms with Gasteiger partial charge in [-0.2, -0.15) is 0 Å². The Bertz CT molecular complexity index is 978. The minimum atomic E-state index is -0.330. The van der Waals surface area contributed by atoms with Crippen molar-refractivity contribution in [3.63, 3.8) is 0 Å². The van der Waals surface area contributed by atoms with Crippen LogP contribution in [-0.4, -0.2) is 11.6 Å². The molecule has 1 heterocycles. The van der Waals surface area contributed by atoms with Crippen LogP contribution in [0.3, 0.4) is 0 Å². The van der Waals surface area contributed by atoms with Crippen molar-refractivity contribution >= 4 is 70.4 Å². The summed E-state index contributed by atoms with van der Waals surface area (Å²) in [7, 11) is 0. The Kier molecular flexibility index (Phi) is 7.62. The van der Waals surface area contributed by atoms with E-state index in [1.807, 2.05) is 36.6 Å². The third kappa shape index (κ3) is 6.25. The summed E-state index contributed by atoms with van der Waals surface area (Å²) in [6.45, 7) is 1.95. The first-order chi connectivity index (χ1) is 13.9. The van der Waals surface area contributed by atoms with Crippen LogP contribution in [0.1, 0.15) is 18.1 Å². The smallest absolute Gasteiger partial charge is 0.191 e. The highest BCUT2D eigenvalue weighted by molar-refractivity contribution is 8.28. The van der Waals surface area contributed by atoms with Gasteiger partial charge in [-0.15, -0.1) is 0 Å². The zero-order valence-electron chi connectivity index (χ0n) is 15.4. The molecule has 29 heavy (non-hydrogen) atoms. The molecule has 0 atom stereocenters. The highest BCUT2D eigenvalue weighted by Crippen LogP contribution is 2.45. The number of rotatable bonds is 6. The van der Waals surface area contributed by atoms with Crippen LogP contribution in [0, 0.1) is 0 Å². The quantitative estimate of drug-likeness (QED) is 0.256. The predicted molar refractivity (Wildman–Crippen MR) is 127 cm³/mol. The van der Waals surface area contributed by atoms with Crippen molar-refractivity contribution in [2.75, 3.05) is 0 Å². The molecular weight excluding hydrogens is 443 g/mol. The molecule has 2 aromatic carbocycles. The van der Waals surface area contributed by atoms with Crippen LogP contribution in [0.15, 0.2) is 80.8 Å². The maximum absolute atomic E-state index is 12.9. The van der Waals surface area contributed by atoms with Crippen molar-refractivity contribution in [2.45, 2.75) is 6.92 Å². The van der Waals surface area contributed by atoms with Gasteiger partial charge in [-0.1, -0.05) is 83.1 Å². The molecule has 146 valence electrons. The number of carbonyl (C=O) groups is 2. The molecule has 1 aliphatic heterocycles. The Balaban J connectivity index is 1.84. The average Bonchev–Trinajstić information content (AvgIpc) is 3.13. The van der Waals surface area contributed by atoms with E-state index in [2.05, 4.69) is 0 Å². The van der Waals surface area contributed by atoms with Gasteiger partial charge in [0.05, 0.1) is 9.81 Å². The fourth-order valence-corrected chi connectivity index (χ4v) is 4.93. The number of hydrogen-bond acceptors (Lipinski definition) is 4. The standard InChI is InChI=1S/C23H16Cl2O2S2/c1-15-14-28-23(29-15)22(20(26)12-6-16-2-8-18(24)9-3-16)21(27)13-7-17-4-10-19(25)11-5-17/h2-14H,1H3/b12-6+,13-7+. The minimum Gasteiger partial charge on any atom is -0.289 e. The van der Waals surface area contributed by atoms with Gasteiger partial charge in [0.1, 0.15) is 0 Å². The maximum Gasteiger partial charge on any atom is 0.191 e. The molecule has 3 rings (SSSR count). The van der Waals surface area contributed by atoms with Crippen molar-refractivity contribution in [3.8, 4) is 0 Å². The summed E-state index contributed by atoms with van der Waals surface area (Å²) in [5.41, 5.74) is 1.83. The van der Waals surface area contributed by atoms with Crippen molar-refractivity contribution in [3.05, 3.63) is 102 Å². The molecule has 0 unspecified atom stereocenters. The van der Waals surface area contributed by atoms with Gasteiger partial charge in [-0.25, -0.2) is 0 Å². The molecule has 6 heteroatoms. The Morgan fingerprint density at radius 2 is 1.24 bits per heavy atom. The maximum atomic E-state index is 12.9. The minimum absolute atomic E-state index is 0.170. The van der Waals surface area contributed by atoms with Gasteiger partial charge in [0.15, 0.2) is 11.6 Å². The number of hydrogen-bond donors (Lipinski definition) is 0. The highest BCUT2D eigenvalue weighted by Gasteiger charge is 2.23. The third-order valence-corrected chi connectivity index (χ3v) is 6.79. The van der Waals surface area contributed by atoms with E-state index in [9.17, 15) is 9.59 Å². The van der Waals surface area contributed by atoms with Gasteiger partial charge in [0, 0.05) is 10.0 Å². The summed E-state index contributed by atoms with van der Waals surface area (Å²) in [5, 5.41) is 3.19. The Morgan fingerprint density at radius 1 is 0.793 bits per heavy atom. The van der Waals surface area contributed by atoms with E-state index in [-0.39, 0.29) is 17.1 Å². The number of carbonyl (C=O) groups excluding carboxylic acids is 2. The van der Waals surface area contributed by atoms with Crippen LogP contribution in [0.4, 0.5) is 0 Å². The number of allylic oxidation sites excluding steroid dienone is 4. The average molecular weight is 459 g/mol. The molecule has 0 saturated heterocycles. The van der Waals surface area contributed by atoms with E-state index in [1.165, 1.54) is 35.7 Å². The molecule has 0 spiro atoms. The third-order valence-electron chi connectivity index (χ3n) is 3.88. The molecular formula is C23H16Cl2O2S2. The molecule has 2 aromatic rings. The van der Waals surface area contributed by atoms with E-state index >= 15 is 0 Å². The Labute approximate surface area is 188 Å². The summed E-state index contributed by atoms with van der Waals surface area (Å²) in [4.78, 5) is 26.8. The Morgan fingerprint density at radius 3 is 1.62 bits per heavy atom. The van der Waals surface area contributed by atoms with Gasteiger partial charge in [0.2, 0.25) is 0 Å². The number of ketones is 2. The molecule has 0 aliphatic carbocycles. The highest BCUT2D eigenvalue weighted by atomic mass is 35.5. The molecule has 0 bridgehead atoms. The van der Waals surface area contributed by atoms with Crippen molar-refractivity contribution in [1.29, 1.82) is 0 Å². The fraction of sp³-hybridized carbons (Fsp3) is 0.0435.